The van der Waals surface area contributed by atoms with E-state index in [0.717, 1.165) is 23.0 Å². The second-order valence-corrected chi connectivity index (χ2v) is 4.33. The normalized spacial score (nSPS) is 11.0. The lowest BCUT2D eigenvalue weighted by Gasteiger charge is -2.12. The van der Waals surface area contributed by atoms with Crippen LogP contribution in [0.1, 0.15) is 11.1 Å². The van der Waals surface area contributed by atoms with Gasteiger partial charge in [-0.1, -0.05) is 18.2 Å². The molecular formula is C17H16O4. The second-order valence-electron chi connectivity index (χ2n) is 4.33. The van der Waals surface area contributed by atoms with Crippen molar-refractivity contribution in [2.75, 3.05) is 14.2 Å². The molecule has 2 aromatic carbocycles. The average Bonchev–Trinajstić information content (AvgIpc) is 2.53. The van der Waals surface area contributed by atoms with Crippen LogP contribution in [0.5, 0.6) is 17.2 Å². The number of methoxy groups -OCH3 is 2. The van der Waals surface area contributed by atoms with Gasteiger partial charge < -0.3 is 14.6 Å². The molecular weight excluding hydrogens is 268 g/mol. The van der Waals surface area contributed by atoms with Gasteiger partial charge in [-0.25, -0.2) is 0 Å². The molecule has 0 aromatic heterocycles. The molecule has 4 heteroatoms. The van der Waals surface area contributed by atoms with Gasteiger partial charge in [0.15, 0.2) is 11.5 Å². The quantitative estimate of drug-likeness (QED) is 0.677. The lowest BCUT2D eigenvalue weighted by atomic mass is 9.97. The van der Waals surface area contributed by atoms with Gasteiger partial charge in [0, 0.05) is 0 Å². The Morgan fingerprint density at radius 3 is 2.14 bits per heavy atom. The number of carbonyl (C=O) groups excluding carboxylic acids is 1. The molecule has 0 aliphatic carbocycles. The maximum Gasteiger partial charge on any atom is 0.161 e. The molecule has 0 atom stereocenters. The summed E-state index contributed by atoms with van der Waals surface area (Å²) in [6, 6.07) is 12.1. The first-order valence-corrected chi connectivity index (χ1v) is 6.37. The van der Waals surface area contributed by atoms with Crippen LogP contribution in [-0.4, -0.2) is 25.6 Å². The number of benzene rings is 2. The Labute approximate surface area is 123 Å². The summed E-state index contributed by atoms with van der Waals surface area (Å²) in [5.74, 6) is 1.39. The third-order valence-corrected chi connectivity index (χ3v) is 3.11. The highest BCUT2D eigenvalue weighted by molar-refractivity contribution is 5.90. The molecule has 0 heterocycles. The number of rotatable bonds is 5. The minimum absolute atomic E-state index is 0.177. The zero-order valence-electron chi connectivity index (χ0n) is 11.9. The minimum atomic E-state index is 0.177. The molecule has 1 N–H and O–H groups in total. The summed E-state index contributed by atoms with van der Waals surface area (Å²) in [5, 5.41) is 9.36. The molecule has 0 fully saturated rings. The van der Waals surface area contributed by atoms with E-state index in [9.17, 15) is 9.90 Å². The van der Waals surface area contributed by atoms with Gasteiger partial charge in [-0.2, -0.15) is 0 Å². The summed E-state index contributed by atoms with van der Waals surface area (Å²) >= 11 is 0. The van der Waals surface area contributed by atoms with Gasteiger partial charge in [-0.3, -0.25) is 4.79 Å². The summed E-state index contributed by atoms with van der Waals surface area (Å²) < 4.78 is 10.5. The van der Waals surface area contributed by atoms with Crippen molar-refractivity contribution in [2.24, 2.45) is 0 Å². The number of hydrogen-bond donors (Lipinski definition) is 1. The molecule has 0 unspecified atom stereocenters. The fourth-order valence-electron chi connectivity index (χ4n) is 2.07. The Hall–Kier alpha value is -2.75. The molecule has 4 nitrogen and oxygen atoms in total. The second kappa shape index (κ2) is 6.61. The van der Waals surface area contributed by atoms with Crippen LogP contribution < -0.4 is 9.47 Å². The molecule has 0 bridgehead atoms. The van der Waals surface area contributed by atoms with Crippen molar-refractivity contribution in [2.45, 2.75) is 0 Å². The largest absolute Gasteiger partial charge is 0.508 e. The van der Waals surface area contributed by atoms with E-state index in [1.54, 1.807) is 50.6 Å². The first-order valence-electron chi connectivity index (χ1n) is 6.37. The van der Waals surface area contributed by atoms with Crippen LogP contribution in [0.25, 0.3) is 5.57 Å². The third kappa shape index (κ3) is 3.23. The SMILES string of the molecule is COc1ccc(C(=CC=O)c2ccc(O)cc2)cc1OC. The minimum Gasteiger partial charge on any atom is -0.508 e. The van der Waals surface area contributed by atoms with Crippen molar-refractivity contribution in [1.29, 1.82) is 0 Å². The highest BCUT2D eigenvalue weighted by Crippen LogP contribution is 2.33. The van der Waals surface area contributed by atoms with E-state index < -0.39 is 0 Å². The number of aromatic hydroxyl groups is 1. The lowest BCUT2D eigenvalue weighted by Crippen LogP contribution is -1.94. The van der Waals surface area contributed by atoms with Crippen LogP contribution in [-0.2, 0) is 4.79 Å². The first kappa shape index (κ1) is 14.7. The molecule has 21 heavy (non-hydrogen) atoms. The Morgan fingerprint density at radius 1 is 0.952 bits per heavy atom. The summed E-state index contributed by atoms with van der Waals surface area (Å²) in [4.78, 5) is 10.9. The number of phenolic OH excluding ortho intramolecular Hbond substituents is 1. The average molecular weight is 284 g/mol. The van der Waals surface area contributed by atoms with Crippen LogP contribution in [0, 0.1) is 0 Å². The van der Waals surface area contributed by atoms with Crippen molar-refractivity contribution in [3.8, 4) is 17.2 Å². The van der Waals surface area contributed by atoms with Crippen LogP contribution in [0.15, 0.2) is 48.5 Å². The van der Waals surface area contributed by atoms with E-state index in [0.29, 0.717) is 11.5 Å². The van der Waals surface area contributed by atoms with Crippen LogP contribution in [0.3, 0.4) is 0 Å². The zero-order chi connectivity index (χ0) is 15.2. The maximum absolute atomic E-state index is 10.9. The molecule has 0 saturated carbocycles. The fraction of sp³-hybridized carbons (Fsp3) is 0.118. The van der Waals surface area contributed by atoms with Gasteiger partial charge in [0.05, 0.1) is 14.2 Å². The van der Waals surface area contributed by atoms with Gasteiger partial charge in [0.1, 0.15) is 12.0 Å². The maximum atomic E-state index is 10.9. The van der Waals surface area contributed by atoms with Gasteiger partial charge in [-0.05, 0) is 47.0 Å². The van der Waals surface area contributed by atoms with E-state index >= 15 is 0 Å². The Morgan fingerprint density at radius 2 is 1.57 bits per heavy atom. The van der Waals surface area contributed by atoms with Gasteiger partial charge >= 0.3 is 0 Å². The van der Waals surface area contributed by atoms with Gasteiger partial charge in [-0.15, -0.1) is 0 Å². The van der Waals surface area contributed by atoms with Crippen molar-refractivity contribution >= 4 is 11.9 Å². The molecule has 0 radical (unpaired) electrons. The number of hydrogen-bond acceptors (Lipinski definition) is 4. The smallest absolute Gasteiger partial charge is 0.161 e. The van der Waals surface area contributed by atoms with Crippen LogP contribution in [0.2, 0.25) is 0 Å². The number of allylic oxidation sites excluding steroid dienone is 1. The monoisotopic (exact) mass is 284 g/mol. The topological polar surface area (TPSA) is 55.8 Å². The molecule has 0 aliphatic heterocycles. The Kier molecular flexibility index (Phi) is 4.61. The predicted molar refractivity (Wildman–Crippen MR) is 80.8 cm³/mol. The third-order valence-electron chi connectivity index (χ3n) is 3.11. The molecule has 2 aromatic rings. The molecule has 0 aliphatic rings. The Balaban J connectivity index is 2.51. The van der Waals surface area contributed by atoms with Crippen molar-refractivity contribution in [3.05, 3.63) is 59.7 Å². The highest BCUT2D eigenvalue weighted by atomic mass is 16.5. The van der Waals surface area contributed by atoms with E-state index in [1.165, 1.54) is 6.08 Å². The highest BCUT2D eigenvalue weighted by Gasteiger charge is 2.10. The number of carbonyl (C=O) groups is 1. The summed E-state index contributed by atoms with van der Waals surface area (Å²) in [7, 11) is 3.13. The number of aldehydes is 1. The standard InChI is InChI=1S/C17H16O4/c1-20-16-8-5-13(11-17(16)21-2)15(9-10-18)12-3-6-14(19)7-4-12/h3-11,19H,1-2H3. The zero-order valence-corrected chi connectivity index (χ0v) is 11.9. The first-order chi connectivity index (χ1) is 10.2. The van der Waals surface area contributed by atoms with E-state index in [1.807, 2.05) is 6.07 Å². The van der Waals surface area contributed by atoms with E-state index in [-0.39, 0.29) is 5.75 Å². The summed E-state index contributed by atoms with van der Waals surface area (Å²) in [6.07, 6.45) is 2.21. The van der Waals surface area contributed by atoms with Gasteiger partial charge in [0.25, 0.3) is 0 Å². The van der Waals surface area contributed by atoms with E-state index in [2.05, 4.69) is 0 Å². The molecule has 0 spiro atoms. The number of ether oxygens (including phenoxy) is 2. The Bertz CT molecular complexity index is 657. The predicted octanol–water partition coefficient (Wildman–Crippen LogP) is 3.04. The van der Waals surface area contributed by atoms with Crippen molar-refractivity contribution in [1.82, 2.24) is 0 Å². The van der Waals surface area contributed by atoms with Crippen molar-refractivity contribution < 1.29 is 19.4 Å². The summed E-state index contributed by atoms with van der Waals surface area (Å²) in [6.45, 7) is 0. The lowest BCUT2D eigenvalue weighted by molar-refractivity contribution is -0.104. The molecule has 0 saturated heterocycles. The van der Waals surface area contributed by atoms with Crippen LogP contribution in [0.4, 0.5) is 0 Å². The number of phenols is 1. The van der Waals surface area contributed by atoms with Gasteiger partial charge in [0.2, 0.25) is 0 Å². The summed E-state index contributed by atoms with van der Waals surface area (Å²) in [5.41, 5.74) is 2.39. The van der Waals surface area contributed by atoms with Crippen LogP contribution >= 0.6 is 0 Å². The molecule has 2 rings (SSSR count). The fourth-order valence-corrected chi connectivity index (χ4v) is 2.07. The molecule has 0 amide bonds. The molecule has 108 valence electrons. The van der Waals surface area contributed by atoms with E-state index in [4.69, 9.17) is 9.47 Å². The van der Waals surface area contributed by atoms with Crippen molar-refractivity contribution in [3.63, 3.8) is 0 Å².